The van der Waals surface area contributed by atoms with Crippen molar-refractivity contribution in [2.75, 3.05) is 14.1 Å². The van der Waals surface area contributed by atoms with Crippen molar-refractivity contribution in [1.82, 2.24) is 20.9 Å². The van der Waals surface area contributed by atoms with E-state index in [2.05, 4.69) is 29.8 Å². The lowest BCUT2D eigenvalue weighted by Crippen LogP contribution is -2.58. The highest BCUT2D eigenvalue weighted by Gasteiger charge is 2.37. The van der Waals surface area contributed by atoms with Crippen LogP contribution in [0.15, 0.2) is 91.1 Å². The van der Waals surface area contributed by atoms with Crippen LogP contribution >= 0.6 is 0 Å². The predicted octanol–water partition coefficient (Wildman–Crippen LogP) is 4.10. The van der Waals surface area contributed by atoms with E-state index >= 15 is 0 Å². The highest BCUT2D eigenvalue weighted by atomic mass is 16.5. The van der Waals surface area contributed by atoms with Crippen molar-refractivity contribution in [2.45, 2.75) is 50.9 Å². The highest BCUT2D eigenvalue weighted by molar-refractivity contribution is 5.94. The van der Waals surface area contributed by atoms with E-state index in [9.17, 15) is 14.4 Å². The Morgan fingerprint density at radius 2 is 1.55 bits per heavy atom. The summed E-state index contributed by atoms with van der Waals surface area (Å²) in [5.74, 6) is -0.380. The maximum atomic E-state index is 14.2. The summed E-state index contributed by atoms with van der Waals surface area (Å²) < 4.78 is 6.47. The number of carbonyl (C=O) groups excluding carboxylic acids is 3. The summed E-state index contributed by atoms with van der Waals surface area (Å²) in [5.41, 5.74) is 2.47. The third-order valence-electron chi connectivity index (χ3n) is 7.19. The van der Waals surface area contributed by atoms with Crippen molar-refractivity contribution in [3.8, 4) is 5.75 Å². The van der Waals surface area contributed by atoms with Crippen LogP contribution < -0.4 is 20.7 Å². The molecule has 8 nitrogen and oxygen atoms in total. The highest BCUT2D eigenvalue weighted by Crippen LogP contribution is 2.27. The molecule has 0 unspecified atom stereocenters. The van der Waals surface area contributed by atoms with Crippen LogP contribution in [0, 0.1) is 5.92 Å². The molecule has 3 aromatic carbocycles. The van der Waals surface area contributed by atoms with Crippen LogP contribution in [0.25, 0.3) is 6.08 Å². The number of amides is 3. The fraction of sp³-hybridized carbons (Fsp3) is 0.324. The van der Waals surface area contributed by atoms with Crippen LogP contribution in [0.5, 0.6) is 5.75 Å². The fourth-order valence-corrected chi connectivity index (χ4v) is 4.94. The van der Waals surface area contributed by atoms with Crippen molar-refractivity contribution in [1.29, 1.82) is 0 Å². The number of hydrogen-bond donors (Lipinski definition) is 3. The molecule has 3 aromatic rings. The summed E-state index contributed by atoms with van der Waals surface area (Å²) in [6, 6.07) is 23.7. The van der Waals surface area contributed by atoms with Gasteiger partial charge in [-0.25, -0.2) is 0 Å². The second-order valence-corrected chi connectivity index (χ2v) is 11.2. The average Bonchev–Trinajstić information content (AvgIpc) is 2.98. The first-order valence-electron chi connectivity index (χ1n) is 14.3. The largest absolute Gasteiger partial charge is 0.483 e. The van der Waals surface area contributed by atoms with Gasteiger partial charge in [0.05, 0.1) is 6.04 Å². The molecule has 42 heavy (non-hydrogen) atoms. The topological polar surface area (TPSA) is 99.8 Å². The number of hydrogen-bond acceptors (Lipinski definition) is 5. The Hall–Kier alpha value is -4.43. The number of nitrogens with zero attached hydrogens (tertiary/aromatic N) is 1. The molecule has 0 saturated heterocycles. The summed E-state index contributed by atoms with van der Waals surface area (Å²) in [4.78, 5) is 43.2. The van der Waals surface area contributed by atoms with E-state index in [1.807, 2.05) is 91.8 Å². The lowest BCUT2D eigenvalue weighted by molar-refractivity contribution is -0.135. The van der Waals surface area contributed by atoms with Crippen LogP contribution in [-0.2, 0) is 20.8 Å². The molecule has 4 atom stereocenters. The van der Waals surface area contributed by atoms with E-state index in [1.54, 1.807) is 24.4 Å². The number of likely N-dealkylation sites (N-methyl/N-ethyl adjacent to an activating group) is 1. The van der Waals surface area contributed by atoms with E-state index in [1.165, 1.54) is 0 Å². The van der Waals surface area contributed by atoms with Crippen LogP contribution in [0.3, 0.4) is 0 Å². The van der Waals surface area contributed by atoms with Crippen LogP contribution in [0.4, 0.5) is 0 Å². The van der Waals surface area contributed by atoms with E-state index in [0.717, 1.165) is 11.1 Å². The lowest BCUT2D eigenvalue weighted by atomic mass is 9.97. The molecular weight excluding hydrogens is 528 g/mol. The van der Waals surface area contributed by atoms with Gasteiger partial charge in [0.2, 0.25) is 17.7 Å². The minimum absolute atomic E-state index is 0.257. The standard InChI is InChI=1S/C34H40N4O4/c1-23(2)21-29(38(3)4)33(40)37-30-31(26-13-9-6-10-14-26)42-27-17-15-24(16-18-27)19-20-35-32(39)28(36-34(30)41)22-25-11-7-5-8-12-25/h5-20,23,28-31H,21-22H2,1-4H3,(H,35,39)(H,36,41)(H,37,40)/b20-19-/t28-,29-,30-,31-/m0/s1. The van der Waals surface area contributed by atoms with Gasteiger partial charge < -0.3 is 20.7 Å². The van der Waals surface area contributed by atoms with Gasteiger partial charge in [0.25, 0.3) is 0 Å². The van der Waals surface area contributed by atoms with Crippen molar-refractivity contribution in [2.24, 2.45) is 5.92 Å². The van der Waals surface area contributed by atoms with E-state index in [-0.39, 0.29) is 24.2 Å². The number of carbonyl (C=O) groups is 3. The molecule has 0 fully saturated rings. The van der Waals surface area contributed by atoms with Crippen LogP contribution in [0.2, 0.25) is 0 Å². The Bertz CT molecular complexity index is 1360. The molecule has 2 aliphatic heterocycles. The molecule has 3 N–H and O–H groups in total. The summed E-state index contributed by atoms with van der Waals surface area (Å²) in [6.07, 6.45) is 3.35. The van der Waals surface area contributed by atoms with Gasteiger partial charge in [0.1, 0.15) is 17.8 Å². The van der Waals surface area contributed by atoms with Gasteiger partial charge >= 0.3 is 0 Å². The molecule has 0 aromatic heterocycles. The van der Waals surface area contributed by atoms with Gasteiger partial charge in [-0.15, -0.1) is 0 Å². The minimum Gasteiger partial charge on any atom is -0.483 e. The SMILES string of the molecule is CC(C)C[C@@H](C(=O)N[C@@H]1C(=O)N[C@@H](Cc2ccccc2)C(=O)N/C=C\c2ccc(cc2)O[C@H]1c1ccccc1)N(C)C. The molecule has 3 amide bonds. The number of nitrogens with one attached hydrogen (secondary N) is 3. The predicted molar refractivity (Wildman–Crippen MR) is 164 cm³/mol. The normalized spacial score (nSPS) is 20.7. The van der Waals surface area contributed by atoms with Gasteiger partial charge in [-0.3, -0.25) is 19.3 Å². The maximum absolute atomic E-state index is 14.2. The first-order valence-corrected chi connectivity index (χ1v) is 14.3. The Kier molecular flexibility index (Phi) is 10.5. The molecule has 2 heterocycles. The number of benzene rings is 3. The maximum Gasteiger partial charge on any atom is 0.247 e. The molecule has 220 valence electrons. The zero-order valence-corrected chi connectivity index (χ0v) is 24.6. The smallest absolute Gasteiger partial charge is 0.247 e. The Balaban J connectivity index is 1.78. The molecule has 8 heteroatoms. The second kappa shape index (κ2) is 14.5. The molecular formula is C34H40N4O4. The summed E-state index contributed by atoms with van der Waals surface area (Å²) in [6.45, 7) is 4.11. The fourth-order valence-electron chi connectivity index (χ4n) is 4.94. The summed E-state index contributed by atoms with van der Waals surface area (Å²) in [5, 5.41) is 8.75. The molecule has 0 spiro atoms. The molecule has 0 radical (unpaired) electrons. The Labute approximate surface area is 248 Å². The molecule has 2 aliphatic rings. The second-order valence-electron chi connectivity index (χ2n) is 11.2. The minimum atomic E-state index is -1.14. The van der Waals surface area contributed by atoms with Gasteiger partial charge in [-0.1, -0.05) is 86.6 Å². The lowest BCUT2D eigenvalue weighted by Gasteiger charge is -2.32. The van der Waals surface area contributed by atoms with Crippen molar-refractivity contribution in [3.63, 3.8) is 0 Å². The molecule has 2 bridgehead atoms. The third-order valence-corrected chi connectivity index (χ3v) is 7.19. The Morgan fingerprint density at radius 1 is 0.905 bits per heavy atom. The first-order chi connectivity index (χ1) is 20.2. The summed E-state index contributed by atoms with van der Waals surface area (Å²) in [7, 11) is 3.70. The molecule has 5 rings (SSSR count). The van der Waals surface area contributed by atoms with Crippen molar-refractivity contribution in [3.05, 3.63) is 108 Å². The van der Waals surface area contributed by atoms with Gasteiger partial charge in [-0.05, 0) is 61.3 Å². The van der Waals surface area contributed by atoms with Crippen molar-refractivity contribution >= 4 is 23.8 Å². The monoisotopic (exact) mass is 568 g/mol. The third kappa shape index (κ3) is 8.30. The zero-order chi connectivity index (χ0) is 30.1. The number of fused-ring (bicyclic) bond motifs is 10. The molecule has 0 aliphatic carbocycles. The van der Waals surface area contributed by atoms with Crippen LogP contribution in [0.1, 0.15) is 43.1 Å². The quantitative estimate of drug-likeness (QED) is 0.380. The van der Waals surface area contributed by atoms with E-state index < -0.39 is 30.1 Å². The first kappa shape index (κ1) is 30.5. The van der Waals surface area contributed by atoms with Gasteiger partial charge in [0, 0.05) is 12.6 Å². The van der Waals surface area contributed by atoms with Gasteiger partial charge in [-0.2, -0.15) is 0 Å². The summed E-state index contributed by atoms with van der Waals surface area (Å²) >= 11 is 0. The average molecular weight is 569 g/mol. The van der Waals surface area contributed by atoms with Gasteiger partial charge in [0.15, 0.2) is 6.10 Å². The zero-order valence-electron chi connectivity index (χ0n) is 24.6. The van der Waals surface area contributed by atoms with Crippen molar-refractivity contribution < 1.29 is 19.1 Å². The van der Waals surface area contributed by atoms with E-state index in [4.69, 9.17) is 4.74 Å². The van der Waals surface area contributed by atoms with Crippen LogP contribution in [-0.4, -0.2) is 54.8 Å². The molecule has 0 saturated carbocycles. The Morgan fingerprint density at radius 3 is 2.17 bits per heavy atom. The number of rotatable bonds is 8. The number of ether oxygens (including phenoxy) is 1. The van der Waals surface area contributed by atoms with E-state index in [0.29, 0.717) is 17.7 Å².